The number of hydrogen-bond donors (Lipinski definition) is 5. The Morgan fingerprint density at radius 3 is 0.731 bits per heavy atom. The van der Waals surface area contributed by atoms with Crippen LogP contribution < -0.4 is 0 Å². The lowest BCUT2D eigenvalue weighted by Crippen LogP contribution is -2.03. The van der Waals surface area contributed by atoms with Crippen LogP contribution in [0.15, 0.2) is 109 Å². The zero-order chi connectivity index (χ0) is 41.8. The van der Waals surface area contributed by atoms with Gasteiger partial charge >= 0.3 is 41.4 Å². The fourth-order valence-corrected chi connectivity index (χ4v) is 4.35. The van der Waals surface area contributed by atoms with Crippen molar-refractivity contribution in [1.82, 2.24) is 0 Å². The molecule has 0 spiro atoms. The van der Waals surface area contributed by atoms with Crippen molar-refractivity contribution in [2.24, 2.45) is 0 Å². The highest BCUT2D eigenvalue weighted by atomic mass is 79.9. The van der Waals surface area contributed by atoms with Crippen molar-refractivity contribution in [3.8, 4) is 0 Å². The molecule has 0 bridgehead atoms. The molecule has 5 N–H and O–H groups in total. The summed E-state index contributed by atoms with van der Waals surface area (Å²) in [5, 5.41) is 1.06. The van der Waals surface area contributed by atoms with Gasteiger partial charge in [-0.2, -0.15) is 8.62 Å². The van der Waals surface area contributed by atoms with Crippen molar-refractivity contribution in [3.05, 3.63) is 109 Å². The fraction of sp³-hybridized carbons (Fsp3) is 0.344. The molecule has 0 aliphatic rings. The van der Waals surface area contributed by atoms with Crippen LogP contribution in [-0.2, 0) is 50.9 Å². The molecule has 2 rings (SSSR count). The summed E-state index contributed by atoms with van der Waals surface area (Å²) in [6.45, 7) is 23.7. The molecule has 0 heterocycles. The van der Waals surface area contributed by atoms with Gasteiger partial charge in [-0.1, -0.05) is 115 Å². The number of phosphoric acid groups is 3. The maximum atomic E-state index is 10.4. The fourth-order valence-electron chi connectivity index (χ4n) is 1.82. The molecule has 20 heteroatoms. The molecule has 0 saturated carbocycles. The van der Waals surface area contributed by atoms with E-state index in [1.54, 1.807) is 41.5 Å². The summed E-state index contributed by atoms with van der Waals surface area (Å²) >= 11 is 3.15. The number of rotatable bonds is 10. The van der Waals surface area contributed by atoms with E-state index < -0.39 is 23.5 Å². The van der Waals surface area contributed by atoms with E-state index in [1.165, 1.54) is 0 Å². The number of esters is 3. The molecule has 0 aromatic heterocycles. The van der Waals surface area contributed by atoms with Gasteiger partial charge in [-0.3, -0.25) is 0 Å². The Morgan fingerprint density at radius 1 is 0.500 bits per heavy atom. The Labute approximate surface area is 314 Å². The summed E-state index contributed by atoms with van der Waals surface area (Å²) in [5.74, 6) is -0.937. The predicted octanol–water partition coefficient (Wildman–Crippen LogP) is 7.46. The summed E-state index contributed by atoms with van der Waals surface area (Å²) in [4.78, 5) is 71.5. The van der Waals surface area contributed by atoms with Gasteiger partial charge in [-0.05, 0) is 41.5 Å². The molecule has 2 aromatic carbocycles. The van der Waals surface area contributed by atoms with Crippen LogP contribution in [0.5, 0.6) is 0 Å². The van der Waals surface area contributed by atoms with Gasteiger partial charge in [0.05, 0.1) is 19.8 Å². The number of hydrogen-bond acceptors (Lipinski definition) is 11. The molecular formula is C32H52BrO16P3. The normalized spacial score (nSPS) is 9.63. The molecule has 0 saturated heterocycles. The quantitative estimate of drug-likeness (QED) is 0.0511. The van der Waals surface area contributed by atoms with Crippen molar-refractivity contribution in [2.45, 2.75) is 48.5 Å². The SMILES string of the molecule is C=C(C)C(=O)OCC.C=C(C)C(=O)OCC.C=C(C)C(=O)OCC.CCBr.O=P(O)(O)OP(=O)(O)OP(=O)(O)O.c1ccccc1.c1ccccc1. The van der Waals surface area contributed by atoms with Crippen LogP contribution in [0.25, 0.3) is 0 Å². The summed E-state index contributed by atoms with van der Waals surface area (Å²) in [5.41, 5.74) is 1.35. The Kier molecular flexibility index (Phi) is 40.7. The van der Waals surface area contributed by atoms with E-state index >= 15 is 0 Å². The number of halogens is 1. The molecule has 16 nitrogen and oxygen atoms in total. The second-order valence-corrected chi connectivity index (χ2v) is 14.0. The first-order valence-electron chi connectivity index (χ1n) is 14.8. The molecule has 298 valence electrons. The average molecular weight is 866 g/mol. The maximum Gasteiger partial charge on any atom is 0.490 e. The number of ether oxygens (including phenoxy) is 3. The first-order valence-corrected chi connectivity index (χ1v) is 20.5. The van der Waals surface area contributed by atoms with Crippen LogP contribution in [-0.4, -0.2) is 67.5 Å². The summed E-state index contributed by atoms with van der Waals surface area (Å²) in [6.07, 6.45) is 0. The molecule has 0 atom stereocenters. The van der Waals surface area contributed by atoms with E-state index in [0.29, 0.717) is 36.5 Å². The van der Waals surface area contributed by atoms with Crippen molar-refractivity contribution in [1.29, 1.82) is 0 Å². The number of carbonyl (C=O) groups is 3. The summed E-state index contributed by atoms with van der Waals surface area (Å²) in [6, 6.07) is 24.0. The van der Waals surface area contributed by atoms with E-state index in [2.05, 4.69) is 58.5 Å². The predicted molar refractivity (Wildman–Crippen MR) is 203 cm³/mol. The molecule has 0 aliphatic carbocycles. The van der Waals surface area contributed by atoms with E-state index in [9.17, 15) is 28.1 Å². The van der Waals surface area contributed by atoms with Gasteiger partial charge in [-0.15, -0.1) is 0 Å². The van der Waals surface area contributed by atoms with E-state index in [0.717, 1.165) is 5.33 Å². The van der Waals surface area contributed by atoms with E-state index in [-0.39, 0.29) is 17.9 Å². The standard InChI is InChI=1S/3C6H10O2.2C6H6.C2H5Br.H5O10P3/c3*1-4-8-6(7)5(2)3;2*1-2-4-6-5-3-1;1-2-3;1-11(2,3)9-13(7,8)10-12(4,5)6/h3*2,4H2,1,3H3;2*1-6H;2H2,1H3;(H,7,8)(H2,1,2,3)(H2,4,5,6). The third kappa shape index (κ3) is 56.3. The van der Waals surface area contributed by atoms with Gasteiger partial charge in [0.2, 0.25) is 0 Å². The lowest BCUT2D eigenvalue weighted by atomic mass is 10.4. The van der Waals surface area contributed by atoms with Crippen LogP contribution in [0.4, 0.5) is 0 Å². The lowest BCUT2D eigenvalue weighted by molar-refractivity contribution is -0.139. The molecular weight excluding hydrogens is 813 g/mol. The highest BCUT2D eigenvalue weighted by Crippen LogP contribution is 2.64. The van der Waals surface area contributed by atoms with Gasteiger partial charge in [0.25, 0.3) is 0 Å². The monoisotopic (exact) mass is 864 g/mol. The van der Waals surface area contributed by atoms with Gasteiger partial charge in [0, 0.05) is 22.0 Å². The number of carbonyl (C=O) groups excluding carboxylic acids is 3. The molecule has 2 aromatic rings. The Hall–Kier alpha value is -3.04. The van der Waals surface area contributed by atoms with Crippen molar-refractivity contribution >= 4 is 57.3 Å². The van der Waals surface area contributed by atoms with Crippen LogP contribution in [0.1, 0.15) is 48.5 Å². The molecule has 0 aliphatic heterocycles. The molecule has 0 fully saturated rings. The molecule has 0 amide bonds. The zero-order valence-electron chi connectivity index (χ0n) is 30.3. The maximum absolute atomic E-state index is 10.4. The number of alkyl halides is 1. The van der Waals surface area contributed by atoms with Crippen molar-refractivity contribution in [2.75, 3.05) is 25.2 Å². The minimum absolute atomic E-state index is 0.312. The van der Waals surface area contributed by atoms with Gasteiger partial charge in [0.15, 0.2) is 0 Å². The molecule has 0 radical (unpaired) electrons. The minimum atomic E-state index is -5.46. The Morgan fingerprint density at radius 2 is 0.654 bits per heavy atom. The Bertz CT molecular complexity index is 1220. The largest absolute Gasteiger partial charge is 0.490 e. The number of benzene rings is 2. The van der Waals surface area contributed by atoms with Crippen molar-refractivity contribution in [3.63, 3.8) is 0 Å². The first kappa shape index (κ1) is 58.3. The third-order valence-electron chi connectivity index (χ3n) is 3.62. The second-order valence-electron chi connectivity index (χ2n) is 8.69. The second kappa shape index (κ2) is 36.3. The van der Waals surface area contributed by atoms with Gasteiger partial charge in [-0.25, -0.2) is 28.1 Å². The topological polar surface area (TPSA) is 250 Å². The zero-order valence-corrected chi connectivity index (χ0v) is 34.6. The van der Waals surface area contributed by atoms with Gasteiger partial charge < -0.3 is 38.7 Å². The summed E-state index contributed by atoms with van der Waals surface area (Å²) in [7, 11) is -16.2. The smallest absolute Gasteiger partial charge is 0.463 e. The van der Waals surface area contributed by atoms with Crippen LogP contribution in [0.3, 0.4) is 0 Å². The minimum Gasteiger partial charge on any atom is -0.463 e. The highest BCUT2D eigenvalue weighted by Gasteiger charge is 2.38. The Balaban J connectivity index is -0.000000170. The average Bonchev–Trinajstić information content (AvgIpc) is 3.02. The lowest BCUT2D eigenvalue weighted by Gasteiger charge is -2.11. The van der Waals surface area contributed by atoms with Crippen LogP contribution in [0.2, 0.25) is 0 Å². The third-order valence-corrected chi connectivity index (χ3v) is 6.98. The van der Waals surface area contributed by atoms with Gasteiger partial charge in [0.1, 0.15) is 0 Å². The van der Waals surface area contributed by atoms with Crippen molar-refractivity contribution < 1.29 is 75.4 Å². The summed E-state index contributed by atoms with van der Waals surface area (Å²) < 4.78 is 50.1. The first-order chi connectivity index (χ1) is 23.9. The van der Waals surface area contributed by atoms with Crippen LogP contribution >= 0.6 is 39.4 Å². The molecule has 0 unspecified atom stereocenters. The van der Waals surface area contributed by atoms with Crippen LogP contribution in [0, 0.1) is 0 Å². The van der Waals surface area contributed by atoms with E-state index in [1.807, 2.05) is 79.7 Å². The highest BCUT2D eigenvalue weighted by molar-refractivity contribution is 9.09. The molecule has 52 heavy (non-hydrogen) atoms. The van der Waals surface area contributed by atoms with E-state index in [4.69, 9.17) is 24.5 Å².